The topological polar surface area (TPSA) is 72.1 Å². The van der Waals surface area contributed by atoms with E-state index in [-0.39, 0.29) is 11.7 Å². The molecule has 3 aromatic rings. The average Bonchev–Trinajstić information content (AvgIpc) is 3.11. The number of hydrogen-bond acceptors (Lipinski definition) is 5. The number of pyridine rings is 1. The first kappa shape index (κ1) is 15.8. The largest absolute Gasteiger partial charge is 0.328 e. The van der Waals surface area contributed by atoms with Gasteiger partial charge in [-0.3, -0.25) is 9.78 Å². The fourth-order valence-corrected chi connectivity index (χ4v) is 2.24. The van der Waals surface area contributed by atoms with Crippen LogP contribution in [0.5, 0.6) is 0 Å². The lowest BCUT2D eigenvalue weighted by Gasteiger charge is -2.20. The second-order valence-electron chi connectivity index (χ2n) is 5.09. The fraction of sp³-hybridized carbons (Fsp3) is 0.176. The minimum atomic E-state index is -0.420. The molecule has 122 valence electrons. The molecule has 0 saturated heterocycles. The number of rotatable bonds is 5. The molecule has 0 radical (unpaired) electrons. The number of benzene rings is 1. The number of carbonyl (C=O) groups is 1. The van der Waals surface area contributed by atoms with Gasteiger partial charge in [0, 0.05) is 30.2 Å². The van der Waals surface area contributed by atoms with E-state index in [0.29, 0.717) is 23.6 Å². The molecule has 3 rings (SSSR count). The molecule has 0 spiro atoms. The van der Waals surface area contributed by atoms with Crippen LogP contribution in [0.25, 0.3) is 11.4 Å². The summed E-state index contributed by atoms with van der Waals surface area (Å²) in [7, 11) is 0. The molecule has 0 N–H and O–H groups in total. The molecule has 0 atom stereocenters. The molecule has 1 amide bonds. The van der Waals surface area contributed by atoms with Crippen molar-refractivity contribution < 1.29 is 13.7 Å². The van der Waals surface area contributed by atoms with Crippen LogP contribution in [0.4, 0.5) is 10.1 Å². The fourth-order valence-electron chi connectivity index (χ4n) is 2.24. The Morgan fingerprint density at radius 1 is 1.17 bits per heavy atom. The minimum absolute atomic E-state index is 0.111. The molecule has 2 heterocycles. The van der Waals surface area contributed by atoms with Gasteiger partial charge in [-0.2, -0.15) is 4.98 Å². The summed E-state index contributed by atoms with van der Waals surface area (Å²) in [5.41, 5.74) is 1.28. The van der Waals surface area contributed by atoms with Gasteiger partial charge in [0.25, 0.3) is 0 Å². The quantitative estimate of drug-likeness (QED) is 0.719. The molecular formula is C17H15FN4O2. The van der Waals surface area contributed by atoms with Gasteiger partial charge in [-0.1, -0.05) is 12.1 Å². The van der Waals surface area contributed by atoms with Crippen LogP contribution in [-0.2, 0) is 0 Å². The normalized spacial score (nSPS) is 10.6. The van der Waals surface area contributed by atoms with E-state index >= 15 is 0 Å². The van der Waals surface area contributed by atoms with Crippen molar-refractivity contribution in [1.29, 1.82) is 0 Å². The van der Waals surface area contributed by atoms with Crippen molar-refractivity contribution in [3.8, 4) is 11.4 Å². The highest BCUT2D eigenvalue weighted by Crippen LogP contribution is 2.20. The van der Waals surface area contributed by atoms with Crippen molar-refractivity contribution in [2.24, 2.45) is 0 Å². The van der Waals surface area contributed by atoms with Gasteiger partial charge in [-0.25, -0.2) is 4.39 Å². The van der Waals surface area contributed by atoms with E-state index in [2.05, 4.69) is 15.1 Å². The number of amides is 1. The van der Waals surface area contributed by atoms with Crippen LogP contribution in [0, 0.1) is 5.82 Å². The van der Waals surface area contributed by atoms with Gasteiger partial charge in [0.05, 0.1) is 0 Å². The van der Waals surface area contributed by atoms with E-state index < -0.39 is 5.91 Å². The summed E-state index contributed by atoms with van der Waals surface area (Å²) in [6.45, 7) is 2.40. The Balaban J connectivity index is 1.88. The Labute approximate surface area is 137 Å². The van der Waals surface area contributed by atoms with E-state index in [1.165, 1.54) is 17.0 Å². The summed E-state index contributed by atoms with van der Waals surface area (Å²) in [4.78, 5) is 22.3. The maximum atomic E-state index is 13.1. The molecule has 24 heavy (non-hydrogen) atoms. The summed E-state index contributed by atoms with van der Waals surface area (Å²) in [6, 6.07) is 9.15. The molecule has 0 aliphatic heterocycles. The lowest BCUT2D eigenvalue weighted by Crippen LogP contribution is -2.31. The Morgan fingerprint density at radius 2 is 1.88 bits per heavy atom. The summed E-state index contributed by atoms with van der Waals surface area (Å²) in [6.07, 6.45) is 3.94. The van der Waals surface area contributed by atoms with Crippen LogP contribution in [0.2, 0.25) is 0 Å². The van der Waals surface area contributed by atoms with E-state index in [0.717, 1.165) is 6.42 Å². The summed E-state index contributed by atoms with van der Waals surface area (Å²) in [5.74, 6) is -0.576. The van der Waals surface area contributed by atoms with Crippen molar-refractivity contribution in [2.75, 3.05) is 11.4 Å². The molecular weight excluding hydrogens is 311 g/mol. The van der Waals surface area contributed by atoms with Crippen molar-refractivity contribution in [3.05, 3.63) is 60.5 Å². The predicted octanol–water partition coefficient (Wildman–Crippen LogP) is 3.33. The molecule has 7 heteroatoms. The first-order valence-corrected chi connectivity index (χ1v) is 7.50. The number of aromatic nitrogens is 3. The summed E-state index contributed by atoms with van der Waals surface area (Å²) in [5, 5.41) is 3.84. The number of hydrogen-bond donors (Lipinski definition) is 0. The van der Waals surface area contributed by atoms with E-state index in [1.807, 2.05) is 6.92 Å². The summed E-state index contributed by atoms with van der Waals surface area (Å²) >= 11 is 0. The first-order valence-electron chi connectivity index (χ1n) is 7.50. The smallest absolute Gasteiger partial charge is 0.316 e. The lowest BCUT2D eigenvalue weighted by molar-refractivity contribution is 0.0944. The third-order valence-corrected chi connectivity index (χ3v) is 3.38. The first-order chi connectivity index (χ1) is 11.7. The molecule has 0 aliphatic carbocycles. The zero-order valence-electron chi connectivity index (χ0n) is 13.0. The van der Waals surface area contributed by atoms with Gasteiger partial charge in [0.15, 0.2) is 0 Å². The third-order valence-electron chi connectivity index (χ3n) is 3.38. The maximum Gasteiger partial charge on any atom is 0.316 e. The third kappa shape index (κ3) is 3.29. The highest BCUT2D eigenvalue weighted by atomic mass is 19.1. The van der Waals surface area contributed by atoms with Crippen LogP contribution in [-0.4, -0.2) is 27.6 Å². The van der Waals surface area contributed by atoms with Gasteiger partial charge in [-0.15, -0.1) is 0 Å². The Hall–Kier alpha value is -3.09. The second kappa shape index (κ2) is 6.99. The monoisotopic (exact) mass is 326 g/mol. The molecule has 0 bridgehead atoms. The maximum absolute atomic E-state index is 13.1. The van der Waals surface area contributed by atoms with Gasteiger partial charge >= 0.3 is 11.8 Å². The Morgan fingerprint density at radius 3 is 2.54 bits per heavy atom. The average molecular weight is 326 g/mol. The van der Waals surface area contributed by atoms with Crippen LogP contribution in [0.1, 0.15) is 24.0 Å². The zero-order valence-corrected chi connectivity index (χ0v) is 13.0. The van der Waals surface area contributed by atoms with Crippen molar-refractivity contribution in [1.82, 2.24) is 15.1 Å². The second-order valence-corrected chi connectivity index (χ2v) is 5.09. The Bertz CT molecular complexity index is 818. The number of nitrogens with zero attached hydrogens (tertiary/aromatic N) is 4. The van der Waals surface area contributed by atoms with Crippen molar-refractivity contribution in [3.63, 3.8) is 0 Å². The van der Waals surface area contributed by atoms with Crippen LogP contribution >= 0.6 is 0 Å². The van der Waals surface area contributed by atoms with Gasteiger partial charge < -0.3 is 9.42 Å². The van der Waals surface area contributed by atoms with E-state index in [4.69, 9.17) is 4.52 Å². The van der Waals surface area contributed by atoms with Gasteiger partial charge in [-0.05, 0) is 42.8 Å². The predicted molar refractivity (Wildman–Crippen MR) is 85.9 cm³/mol. The highest BCUT2D eigenvalue weighted by Gasteiger charge is 2.23. The van der Waals surface area contributed by atoms with Crippen LogP contribution in [0.3, 0.4) is 0 Å². The van der Waals surface area contributed by atoms with E-state index in [1.54, 1.807) is 36.7 Å². The molecule has 0 aliphatic rings. The molecule has 1 aromatic carbocycles. The SMILES string of the molecule is CCCN(C(=O)c1nc(-c2ccncc2)no1)c1ccc(F)cc1. The number of carbonyl (C=O) groups excluding carboxylic acids is 1. The standard InChI is InChI=1S/C17H15FN4O2/c1-2-11-22(14-5-3-13(18)4-6-14)17(23)16-20-15(21-24-16)12-7-9-19-10-8-12/h3-10H,2,11H2,1H3. The zero-order chi connectivity index (χ0) is 16.9. The highest BCUT2D eigenvalue weighted by molar-refractivity contribution is 6.03. The van der Waals surface area contributed by atoms with Gasteiger partial charge in [0.2, 0.25) is 5.82 Å². The van der Waals surface area contributed by atoms with Crippen molar-refractivity contribution >= 4 is 11.6 Å². The van der Waals surface area contributed by atoms with Gasteiger partial charge in [0.1, 0.15) is 5.82 Å². The Kier molecular flexibility index (Phi) is 4.60. The lowest BCUT2D eigenvalue weighted by atomic mass is 10.2. The summed E-state index contributed by atoms with van der Waals surface area (Å²) < 4.78 is 18.2. The number of anilines is 1. The minimum Gasteiger partial charge on any atom is -0.328 e. The molecule has 6 nitrogen and oxygen atoms in total. The molecule has 2 aromatic heterocycles. The molecule has 0 unspecified atom stereocenters. The van der Waals surface area contributed by atoms with Crippen LogP contribution in [0.15, 0.2) is 53.3 Å². The van der Waals surface area contributed by atoms with Crippen LogP contribution < -0.4 is 4.90 Å². The molecule has 0 fully saturated rings. The molecule has 0 saturated carbocycles. The van der Waals surface area contributed by atoms with Crippen molar-refractivity contribution in [2.45, 2.75) is 13.3 Å². The van der Waals surface area contributed by atoms with E-state index in [9.17, 15) is 9.18 Å². The number of halogens is 1.